The Morgan fingerprint density at radius 2 is 1.83 bits per heavy atom. The molecule has 0 bridgehead atoms. The molecule has 0 amide bonds. The normalized spacial score (nSPS) is 32.9. The molecule has 0 spiro atoms. The van der Waals surface area contributed by atoms with Gasteiger partial charge in [0.1, 0.15) is 11.9 Å². The van der Waals surface area contributed by atoms with Crippen LogP contribution >= 0.6 is 0 Å². The predicted molar refractivity (Wildman–Crippen MR) is 89.1 cm³/mol. The van der Waals surface area contributed by atoms with E-state index in [9.17, 15) is 9.59 Å². The third kappa shape index (κ3) is 2.71. The van der Waals surface area contributed by atoms with Crippen LogP contribution in [0.5, 0.6) is 0 Å². The lowest BCUT2D eigenvalue weighted by Crippen LogP contribution is -2.55. The zero-order chi connectivity index (χ0) is 16.7. The van der Waals surface area contributed by atoms with Crippen LogP contribution in [0.25, 0.3) is 0 Å². The van der Waals surface area contributed by atoms with Crippen LogP contribution < -0.4 is 0 Å². The number of fused-ring (bicyclic) bond motifs is 1. The summed E-state index contributed by atoms with van der Waals surface area (Å²) >= 11 is 0. The number of esters is 1. The maximum absolute atomic E-state index is 12.5. The van der Waals surface area contributed by atoms with Crippen LogP contribution in [0.3, 0.4) is 0 Å². The zero-order valence-electron chi connectivity index (χ0n) is 14.3. The van der Waals surface area contributed by atoms with Gasteiger partial charge in [-0.3, -0.25) is 4.79 Å². The molecule has 3 nitrogen and oxygen atoms in total. The first kappa shape index (κ1) is 16.2. The van der Waals surface area contributed by atoms with Crippen molar-refractivity contribution >= 4 is 11.8 Å². The van der Waals surface area contributed by atoms with E-state index in [0.29, 0.717) is 23.7 Å². The minimum atomic E-state index is -0.255. The Labute approximate surface area is 138 Å². The SMILES string of the molecule is CC1(C)[C@@H](OC(=O)c2ccccc2)CC[C@]2(C)C(=O)CCC[C@@H]12. The third-order valence-corrected chi connectivity index (χ3v) is 6.22. The van der Waals surface area contributed by atoms with Crippen LogP contribution in [0.15, 0.2) is 30.3 Å². The molecule has 3 heteroatoms. The largest absolute Gasteiger partial charge is 0.458 e. The maximum atomic E-state index is 12.5. The summed E-state index contributed by atoms with van der Waals surface area (Å²) in [5.74, 6) is 0.433. The first-order valence-electron chi connectivity index (χ1n) is 8.65. The molecule has 0 radical (unpaired) electrons. The van der Waals surface area contributed by atoms with Gasteiger partial charge in [0, 0.05) is 17.3 Å². The average Bonchev–Trinajstić information content (AvgIpc) is 2.53. The quantitative estimate of drug-likeness (QED) is 0.760. The standard InChI is InChI=1S/C20H26O3/c1-19(2)15-10-7-11-16(21)20(15,3)13-12-17(19)23-18(22)14-8-5-4-6-9-14/h4-6,8-9,15,17H,7,10-13H2,1-3H3/t15-,17-,20-/m0/s1. The molecule has 1 aromatic carbocycles. The Morgan fingerprint density at radius 1 is 1.13 bits per heavy atom. The molecule has 2 fully saturated rings. The van der Waals surface area contributed by atoms with E-state index >= 15 is 0 Å². The Balaban J connectivity index is 1.80. The van der Waals surface area contributed by atoms with Gasteiger partial charge in [-0.25, -0.2) is 4.79 Å². The minimum Gasteiger partial charge on any atom is -0.458 e. The monoisotopic (exact) mass is 314 g/mol. The Morgan fingerprint density at radius 3 is 2.52 bits per heavy atom. The highest BCUT2D eigenvalue weighted by atomic mass is 16.5. The first-order valence-corrected chi connectivity index (χ1v) is 8.65. The van der Waals surface area contributed by atoms with Gasteiger partial charge in [-0.2, -0.15) is 0 Å². The van der Waals surface area contributed by atoms with Crippen molar-refractivity contribution in [3.63, 3.8) is 0 Å². The van der Waals surface area contributed by atoms with Crippen molar-refractivity contribution in [1.82, 2.24) is 0 Å². The molecular formula is C20H26O3. The second-order valence-corrected chi connectivity index (χ2v) is 7.91. The second kappa shape index (κ2) is 5.77. The smallest absolute Gasteiger partial charge is 0.338 e. The van der Waals surface area contributed by atoms with Crippen molar-refractivity contribution in [3.8, 4) is 0 Å². The van der Waals surface area contributed by atoms with Crippen molar-refractivity contribution in [2.75, 3.05) is 0 Å². The summed E-state index contributed by atoms with van der Waals surface area (Å²) in [4.78, 5) is 24.9. The van der Waals surface area contributed by atoms with Crippen LogP contribution in [-0.2, 0) is 9.53 Å². The molecule has 0 aromatic heterocycles. The number of carbonyl (C=O) groups is 2. The number of hydrogen-bond acceptors (Lipinski definition) is 3. The molecule has 0 saturated heterocycles. The van der Waals surface area contributed by atoms with E-state index in [2.05, 4.69) is 20.8 Å². The lowest BCUT2D eigenvalue weighted by molar-refractivity contribution is -0.154. The van der Waals surface area contributed by atoms with Gasteiger partial charge in [0.15, 0.2) is 0 Å². The minimum absolute atomic E-state index is 0.126. The van der Waals surface area contributed by atoms with E-state index in [1.807, 2.05) is 18.2 Å². The molecule has 0 unspecified atom stereocenters. The molecule has 2 saturated carbocycles. The first-order chi connectivity index (χ1) is 10.9. The number of rotatable bonds is 2. The number of ketones is 1. The van der Waals surface area contributed by atoms with Crippen molar-refractivity contribution in [3.05, 3.63) is 35.9 Å². The highest BCUT2D eigenvalue weighted by Crippen LogP contribution is 2.57. The van der Waals surface area contributed by atoms with E-state index in [4.69, 9.17) is 4.74 Å². The number of hydrogen-bond donors (Lipinski definition) is 0. The lowest BCUT2D eigenvalue weighted by Gasteiger charge is -2.55. The van der Waals surface area contributed by atoms with Crippen LogP contribution in [0.1, 0.15) is 63.2 Å². The van der Waals surface area contributed by atoms with Crippen molar-refractivity contribution in [1.29, 1.82) is 0 Å². The molecule has 0 heterocycles. The zero-order valence-corrected chi connectivity index (χ0v) is 14.3. The summed E-state index contributed by atoms with van der Waals surface area (Å²) in [6.45, 7) is 6.45. The lowest BCUT2D eigenvalue weighted by atomic mass is 9.50. The summed E-state index contributed by atoms with van der Waals surface area (Å²) in [7, 11) is 0. The predicted octanol–water partition coefficient (Wildman–Crippen LogP) is 4.41. The molecule has 3 rings (SSSR count). The topological polar surface area (TPSA) is 43.4 Å². The van der Waals surface area contributed by atoms with E-state index in [1.54, 1.807) is 12.1 Å². The molecule has 0 N–H and O–H groups in total. The highest BCUT2D eigenvalue weighted by molar-refractivity contribution is 5.89. The fourth-order valence-corrected chi connectivity index (χ4v) is 4.78. The van der Waals surface area contributed by atoms with E-state index in [-0.39, 0.29) is 22.9 Å². The fourth-order valence-electron chi connectivity index (χ4n) is 4.78. The molecule has 124 valence electrons. The third-order valence-electron chi connectivity index (χ3n) is 6.22. The van der Waals surface area contributed by atoms with Crippen molar-refractivity contribution in [2.24, 2.45) is 16.7 Å². The fraction of sp³-hybridized carbons (Fsp3) is 0.600. The highest BCUT2D eigenvalue weighted by Gasteiger charge is 2.56. The summed E-state index contributed by atoms with van der Waals surface area (Å²) in [5, 5.41) is 0. The Kier molecular flexibility index (Phi) is 4.07. The van der Waals surface area contributed by atoms with Gasteiger partial charge in [0.05, 0.1) is 5.56 Å². The molecule has 0 aliphatic heterocycles. The molecule has 2 aliphatic carbocycles. The Bertz CT molecular complexity index is 605. The number of ether oxygens (including phenoxy) is 1. The molecule has 1 aromatic rings. The van der Waals surface area contributed by atoms with Gasteiger partial charge in [0.2, 0.25) is 0 Å². The Hall–Kier alpha value is -1.64. The summed E-state index contributed by atoms with van der Waals surface area (Å²) in [6.07, 6.45) is 4.18. The number of Topliss-reactive ketones (excluding diaryl/α,β-unsaturated/α-hetero) is 1. The van der Waals surface area contributed by atoms with Crippen LogP contribution in [-0.4, -0.2) is 17.9 Å². The van der Waals surface area contributed by atoms with Gasteiger partial charge in [-0.1, -0.05) is 39.0 Å². The van der Waals surface area contributed by atoms with Crippen molar-refractivity contribution in [2.45, 2.75) is 59.0 Å². The summed E-state index contributed by atoms with van der Waals surface area (Å²) in [6, 6.07) is 9.15. The van der Waals surface area contributed by atoms with Gasteiger partial charge < -0.3 is 4.74 Å². The molecule has 23 heavy (non-hydrogen) atoms. The van der Waals surface area contributed by atoms with E-state index in [0.717, 1.165) is 25.7 Å². The number of carbonyl (C=O) groups excluding carboxylic acids is 2. The number of benzene rings is 1. The van der Waals surface area contributed by atoms with Crippen LogP contribution in [0.2, 0.25) is 0 Å². The molecule has 3 atom stereocenters. The summed E-state index contributed by atoms with van der Waals surface area (Å²) in [5.41, 5.74) is 0.182. The van der Waals surface area contributed by atoms with Gasteiger partial charge in [-0.05, 0) is 43.7 Å². The van der Waals surface area contributed by atoms with Gasteiger partial charge in [-0.15, -0.1) is 0 Å². The second-order valence-electron chi connectivity index (χ2n) is 7.91. The van der Waals surface area contributed by atoms with Crippen LogP contribution in [0.4, 0.5) is 0 Å². The van der Waals surface area contributed by atoms with Crippen LogP contribution in [0, 0.1) is 16.7 Å². The summed E-state index contributed by atoms with van der Waals surface area (Å²) < 4.78 is 5.87. The average molecular weight is 314 g/mol. The molecule has 2 aliphatic rings. The van der Waals surface area contributed by atoms with E-state index < -0.39 is 0 Å². The maximum Gasteiger partial charge on any atom is 0.338 e. The van der Waals surface area contributed by atoms with E-state index in [1.165, 1.54) is 0 Å². The van der Waals surface area contributed by atoms with Gasteiger partial charge >= 0.3 is 5.97 Å². The molecular weight excluding hydrogens is 288 g/mol. The van der Waals surface area contributed by atoms with Crippen molar-refractivity contribution < 1.29 is 14.3 Å². The van der Waals surface area contributed by atoms with Gasteiger partial charge in [0.25, 0.3) is 0 Å².